The van der Waals surface area contributed by atoms with Crippen LogP contribution < -0.4 is 4.90 Å². The third-order valence-electron chi connectivity index (χ3n) is 10.4. The number of benzene rings is 2. The Kier molecular flexibility index (Phi) is 14.6. The number of unbranched alkanes of at least 4 members (excludes halogenated alkanes) is 5. The number of anilines is 1. The van der Waals surface area contributed by atoms with Crippen LogP contribution in [0.3, 0.4) is 0 Å². The molecular weight excluding hydrogens is 735 g/mol. The lowest BCUT2D eigenvalue weighted by molar-refractivity contribution is -0.137. The molecule has 0 amide bonds. The fraction of sp³-hybridized carbons (Fsp3) is 0.525. The first-order valence-corrected chi connectivity index (χ1v) is 22.3. The van der Waals surface area contributed by atoms with Crippen molar-refractivity contribution in [2.75, 3.05) is 11.4 Å². The van der Waals surface area contributed by atoms with Gasteiger partial charge < -0.3 is 14.7 Å². The van der Waals surface area contributed by atoms with Crippen molar-refractivity contribution in [3.8, 4) is 0 Å². The van der Waals surface area contributed by atoms with Crippen LogP contribution in [0.15, 0.2) is 85.5 Å². The molecule has 0 aliphatic carbocycles. The number of rotatable bonds is 16. The van der Waals surface area contributed by atoms with E-state index >= 15 is 0 Å². The normalized spacial score (nSPS) is 19.3. The van der Waals surface area contributed by atoms with E-state index in [1.54, 1.807) is 12.1 Å². The molecule has 0 saturated carbocycles. The molecule has 3 N–H and O–H groups in total. The van der Waals surface area contributed by atoms with Crippen LogP contribution >= 0.6 is 11.8 Å². The topological polar surface area (TPSA) is 159 Å². The zero-order chi connectivity index (χ0) is 39.1. The number of carboxylic acids is 1. The largest absolute Gasteiger partial charge is 0.481 e. The molecule has 0 radical (unpaired) electrons. The SMILES string of the molecule is C=C(C1=CC2=C3Sc4cc(S(=O)(=O)O)ccc4N3CCC2OC1CCC)C(C)(CCCCCC(=O)O)c1cc(S(=O)(=O)O)ccc1C.CCCCCC. The Morgan fingerprint density at radius 2 is 1.58 bits per heavy atom. The summed E-state index contributed by atoms with van der Waals surface area (Å²) < 4.78 is 74.5. The Labute approximate surface area is 320 Å². The number of ether oxygens (including phenoxy) is 1. The van der Waals surface area contributed by atoms with E-state index in [-0.39, 0.29) is 28.4 Å². The molecule has 3 heterocycles. The summed E-state index contributed by atoms with van der Waals surface area (Å²) in [4.78, 5) is 13.6. The molecule has 3 aliphatic heterocycles. The van der Waals surface area contributed by atoms with E-state index in [0.29, 0.717) is 44.2 Å². The minimum absolute atomic E-state index is 0.0626. The van der Waals surface area contributed by atoms with E-state index in [9.17, 15) is 30.7 Å². The summed E-state index contributed by atoms with van der Waals surface area (Å²) in [6, 6.07) is 9.15. The highest BCUT2D eigenvalue weighted by molar-refractivity contribution is 8.03. The predicted octanol–water partition coefficient (Wildman–Crippen LogP) is 9.65. The number of nitrogens with zero attached hydrogens (tertiary/aromatic N) is 1. The monoisotopic (exact) mass is 789 g/mol. The third kappa shape index (κ3) is 10.2. The summed E-state index contributed by atoms with van der Waals surface area (Å²) in [6.07, 6.45) is 11.9. The molecule has 0 aromatic heterocycles. The van der Waals surface area contributed by atoms with Gasteiger partial charge in [-0.2, -0.15) is 16.8 Å². The van der Waals surface area contributed by atoms with E-state index < -0.39 is 31.6 Å². The van der Waals surface area contributed by atoms with Crippen LogP contribution in [-0.4, -0.2) is 55.8 Å². The molecule has 10 nitrogen and oxygen atoms in total. The Morgan fingerprint density at radius 1 is 0.943 bits per heavy atom. The van der Waals surface area contributed by atoms with E-state index in [0.717, 1.165) is 50.7 Å². The van der Waals surface area contributed by atoms with Gasteiger partial charge in [-0.25, -0.2) is 0 Å². The maximum Gasteiger partial charge on any atom is 0.303 e. The van der Waals surface area contributed by atoms with Gasteiger partial charge in [0.15, 0.2) is 0 Å². The number of aliphatic carboxylic acids is 1. The number of fused-ring (bicyclic) bond motifs is 4. The van der Waals surface area contributed by atoms with Gasteiger partial charge in [0.1, 0.15) is 0 Å². The average molecular weight is 790 g/mol. The maximum atomic E-state index is 12.2. The number of thioether (sulfide) groups is 1. The van der Waals surface area contributed by atoms with Gasteiger partial charge in [-0.05, 0) is 91.3 Å². The minimum atomic E-state index is -4.48. The van der Waals surface area contributed by atoms with Crippen molar-refractivity contribution < 1.29 is 40.6 Å². The van der Waals surface area contributed by atoms with Gasteiger partial charge in [0.05, 0.1) is 32.7 Å². The number of carboxylic acid groups (broad SMARTS) is 1. The Balaban J connectivity index is 0.000000964. The van der Waals surface area contributed by atoms with Crippen molar-refractivity contribution in [1.29, 1.82) is 0 Å². The standard InChI is InChI=1S/C34H41NO9S3.C6H14/c1-5-9-29-25(20-26-30(44-29)15-17-35-28-14-13-24(47(41,42)43)19-31(28)45-33(26)35)22(3)34(4,16-8-6-7-10-32(36)37)27-18-23(46(38,39)40)12-11-21(27)2;1-3-5-6-4-2/h11-14,18-20,29-30H,3,5-10,15-17H2,1-2,4H3,(H,36,37)(H,38,39,40)(H,41,42,43);3-6H2,1-2H3. The molecule has 3 atom stereocenters. The molecule has 53 heavy (non-hydrogen) atoms. The smallest absolute Gasteiger partial charge is 0.303 e. The van der Waals surface area contributed by atoms with Gasteiger partial charge in [0, 0.05) is 28.8 Å². The zero-order valence-corrected chi connectivity index (χ0v) is 34.0. The van der Waals surface area contributed by atoms with Crippen LogP contribution in [0.2, 0.25) is 0 Å². The maximum absolute atomic E-state index is 12.2. The molecule has 5 rings (SSSR count). The lowest BCUT2D eigenvalue weighted by Gasteiger charge is -2.43. The number of hydrogen-bond acceptors (Lipinski definition) is 8. The molecule has 3 aliphatic rings. The van der Waals surface area contributed by atoms with Crippen molar-refractivity contribution in [3.63, 3.8) is 0 Å². The summed E-state index contributed by atoms with van der Waals surface area (Å²) in [5.41, 5.74) is 4.18. The first-order valence-electron chi connectivity index (χ1n) is 18.6. The van der Waals surface area contributed by atoms with Crippen LogP contribution in [0, 0.1) is 6.92 Å². The number of hydrogen-bond donors (Lipinski definition) is 3. The molecule has 0 bridgehead atoms. The first kappa shape index (κ1) is 42.8. The highest BCUT2D eigenvalue weighted by Gasteiger charge is 2.42. The van der Waals surface area contributed by atoms with Crippen LogP contribution in [0.4, 0.5) is 5.69 Å². The average Bonchev–Trinajstić information content (AvgIpc) is 3.48. The fourth-order valence-electron chi connectivity index (χ4n) is 7.35. The van der Waals surface area contributed by atoms with Crippen molar-refractivity contribution in [2.24, 2.45) is 0 Å². The minimum Gasteiger partial charge on any atom is -0.481 e. The van der Waals surface area contributed by atoms with Crippen LogP contribution in [-0.2, 0) is 35.2 Å². The van der Waals surface area contributed by atoms with Crippen molar-refractivity contribution in [3.05, 3.63) is 81.9 Å². The molecule has 2 aromatic rings. The van der Waals surface area contributed by atoms with Crippen LogP contribution in [0.1, 0.15) is 116 Å². The predicted molar refractivity (Wildman–Crippen MR) is 211 cm³/mol. The van der Waals surface area contributed by atoms with E-state index in [1.807, 2.05) is 13.8 Å². The van der Waals surface area contributed by atoms with Gasteiger partial charge in [0.25, 0.3) is 20.2 Å². The van der Waals surface area contributed by atoms with Crippen LogP contribution in [0.25, 0.3) is 0 Å². The van der Waals surface area contributed by atoms with Gasteiger partial charge >= 0.3 is 5.97 Å². The molecule has 3 unspecified atom stereocenters. The molecule has 2 aromatic carbocycles. The van der Waals surface area contributed by atoms with Gasteiger partial charge in [-0.3, -0.25) is 13.9 Å². The second-order valence-electron chi connectivity index (χ2n) is 14.3. The number of carbonyl (C=O) groups is 1. The van der Waals surface area contributed by atoms with E-state index in [4.69, 9.17) is 9.84 Å². The van der Waals surface area contributed by atoms with Gasteiger partial charge in [-0.15, -0.1) is 0 Å². The Morgan fingerprint density at radius 3 is 2.19 bits per heavy atom. The second-order valence-corrected chi connectivity index (χ2v) is 18.2. The highest BCUT2D eigenvalue weighted by atomic mass is 32.2. The van der Waals surface area contributed by atoms with Crippen LogP contribution in [0.5, 0.6) is 0 Å². The van der Waals surface area contributed by atoms with Crippen molar-refractivity contribution in [1.82, 2.24) is 0 Å². The van der Waals surface area contributed by atoms with Gasteiger partial charge in [-0.1, -0.05) is 97.0 Å². The summed E-state index contributed by atoms with van der Waals surface area (Å²) in [5.74, 6) is -0.854. The second kappa shape index (κ2) is 18.1. The lowest BCUT2D eigenvalue weighted by Crippen LogP contribution is -2.40. The lowest BCUT2D eigenvalue weighted by atomic mass is 9.67. The quantitative estimate of drug-likeness (QED) is 0.110. The fourth-order valence-corrected chi connectivity index (χ4v) is 9.73. The number of aryl methyl sites for hydroxylation is 1. The zero-order valence-electron chi connectivity index (χ0n) is 31.6. The van der Waals surface area contributed by atoms with E-state index in [2.05, 4.69) is 38.3 Å². The Bertz CT molecular complexity index is 1950. The molecule has 0 saturated heterocycles. The van der Waals surface area contributed by atoms with Gasteiger partial charge in [0.2, 0.25) is 0 Å². The summed E-state index contributed by atoms with van der Waals surface area (Å²) in [5, 5.41) is 10.1. The van der Waals surface area contributed by atoms with E-state index in [1.165, 1.54) is 61.7 Å². The summed E-state index contributed by atoms with van der Waals surface area (Å²) in [6.45, 7) is 15.8. The molecule has 292 valence electrons. The highest BCUT2D eigenvalue weighted by Crippen LogP contribution is 2.53. The Hall–Kier alpha value is -2.94. The third-order valence-corrected chi connectivity index (χ3v) is 13.3. The molecule has 0 fully saturated rings. The summed E-state index contributed by atoms with van der Waals surface area (Å²) >= 11 is 1.43. The molecule has 13 heteroatoms. The molecular formula is C40H55NO9S3. The van der Waals surface area contributed by atoms with Crippen molar-refractivity contribution >= 4 is 43.7 Å². The first-order chi connectivity index (χ1) is 25.0. The van der Waals surface area contributed by atoms with Crippen molar-refractivity contribution in [2.45, 2.75) is 144 Å². The molecule has 0 spiro atoms. The summed E-state index contributed by atoms with van der Waals surface area (Å²) in [7, 11) is -8.85.